The van der Waals surface area contributed by atoms with Crippen molar-refractivity contribution in [3.8, 4) is 0 Å². The van der Waals surface area contributed by atoms with Crippen molar-refractivity contribution in [1.29, 1.82) is 0 Å². The normalized spacial score (nSPS) is 11.2. The fourth-order valence-corrected chi connectivity index (χ4v) is 3.73. The molecule has 0 aliphatic heterocycles. The van der Waals surface area contributed by atoms with E-state index >= 15 is 0 Å². The van der Waals surface area contributed by atoms with Gasteiger partial charge in [0, 0.05) is 24.9 Å². The van der Waals surface area contributed by atoms with E-state index in [0.717, 1.165) is 24.6 Å². The predicted molar refractivity (Wildman–Crippen MR) is 130 cm³/mol. The number of aliphatic imine (C=N–C) groups is 1. The molecule has 0 amide bonds. The molecule has 1 heterocycles. The summed E-state index contributed by atoms with van der Waals surface area (Å²) in [6.07, 6.45) is 0.980. The second-order valence-corrected chi connectivity index (χ2v) is 7.21. The summed E-state index contributed by atoms with van der Waals surface area (Å²) in [5.41, 5.74) is 3.64. The van der Waals surface area contributed by atoms with Crippen molar-refractivity contribution >= 4 is 41.3 Å². The molecule has 0 aliphatic rings. The molecule has 0 spiro atoms. The van der Waals surface area contributed by atoms with Gasteiger partial charge in [-0.05, 0) is 17.5 Å². The number of benzene rings is 2. The van der Waals surface area contributed by atoms with E-state index in [2.05, 4.69) is 93.6 Å². The zero-order valence-corrected chi connectivity index (χ0v) is 19.4. The number of aromatic nitrogens is 1. The Balaban J connectivity index is 0.00000280. The minimum Gasteiger partial charge on any atom is -0.355 e. The van der Waals surface area contributed by atoms with Crippen molar-refractivity contribution in [3.63, 3.8) is 0 Å². The van der Waals surface area contributed by atoms with E-state index in [1.807, 2.05) is 0 Å². The van der Waals surface area contributed by atoms with Crippen LogP contribution < -0.4 is 10.6 Å². The first-order chi connectivity index (χ1) is 13.3. The van der Waals surface area contributed by atoms with Crippen LogP contribution in [0.5, 0.6) is 0 Å². The molecule has 6 heteroatoms. The van der Waals surface area contributed by atoms with E-state index in [-0.39, 0.29) is 29.9 Å². The molecule has 0 unspecified atom stereocenters. The molecular formula is C22H27IN4S. The van der Waals surface area contributed by atoms with Crippen LogP contribution in [-0.4, -0.2) is 24.5 Å². The van der Waals surface area contributed by atoms with Crippen LogP contribution in [0.2, 0.25) is 0 Å². The highest BCUT2D eigenvalue weighted by Gasteiger charge is 2.14. The summed E-state index contributed by atoms with van der Waals surface area (Å²) >= 11 is 1.71. The van der Waals surface area contributed by atoms with Gasteiger partial charge in [0.05, 0.1) is 17.2 Å². The molecule has 0 aliphatic carbocycles. The number of hydrogen-bond donors (Lipinski definition) is 2. The number of hydrogen-bond acceptors (Lipinski definition) is 3. The van der Waals surface area contributed by atoms with Crippen LogP contribution in [0, 0.1) is 0 Å². The van der Waals surface area contributed by atoms with Crippen molar-refractivity contribution in [2.45, 2.75) is 25.8 Å². The fourth-order valence-electron chi connectivity index (χ4n) is 2.98. The molecule has 1 aromatic heterocycles. The topological polar surface area (TPSA) is 49.3 Å². The van der Waals surface area contributed by atoms with Crippen LogP contribution in [0.3, 0.4) is 0 Å². The third-order valence-corrected chi connectivity index (χ3v) is 5.48. The van der Waals surface area contributed by atoms with Gasteiger partial charge in [-0.3, -0.25) is 4.99 Å². The van der Waals surface area contributed by atoms with Crippen LogP contribution in [-0.2, 0) is 13.0 Å². The van der Waals surface area contributed by atoms with E-state index in [1.165, 1.54) is 16.1 Å². The Kier molecular flexibility index (Phi) is 9.43. The Hall–Kier alpha value is -1.93. The molecule has 0 saturated carbocycles. The van der Waals surface area contributed by atoms with Crippen molar-refractivity contribution in [3.05, 3.63) is 87.9 Å². The van der Waals surface area contributed by atoms with Gasteiger partial charge in [-0.1, -0.05) is 67.6 Å². The lowest BCUT2D eigenvalue weighted by Crippen LogP contribution is -2.39. The third-order valence-electron chi connectivity index (χ3n) is 4.44. The second kappa shape index (κ2) is 11.8. The van der Waals surface area contributed by atoms with E-state index < -0.39 is 0 Å². The van der Waals surface area contributed by atoms with Gasteiger partial charge in [-0.25, -0.2) is 4.98 Å². The lowest BCUT2D eigenvalue weighted by atomic mass is 9.91. The Morgan fingerprint density at radius 1 is 1.00 bits per heavy atom. The van der Waals surface area contributed by atoms with E-state index in [9.17, 15) is 0 Å². The molecule has 0 saturated heterocycles. The molecule has 0 bridgehead atoms. The standard InChI is InChI=1S/C22H26N4S.HI/c1-3-21-26-19(16-27-21)14-24-22(23-2)25-15-20(17-10-6-4-7-11-17)18-12-8-5-9-13-18;/h4-13,16,20H,3,14-15H2,1-2H3,(H2,23,24,25);1H. The molecule has 2 aromatic carbocycles. The summed E-state index contributed by atoms with van der Waals surface area (Å²) in [4.78, 5) is 8.96. The number of thiazole rings is 1. The monoisotopic (exact) mass is 506 g/mol. The van der Waals surface area contributed by atoms with Gasteiger partial charge in [0.2, 0.25) is 0 Å². The van der Waals surface area contributed by atoms with Crippen molar-refractivity contribution in [2.75, 3.05) is 13.6 Å². The minimum atomic E-state index is 0. The highest BCUT2D eigenvalue weighted by Crippen LogP contribution is 2.23. The molecule has 148 valence electrons. The van der Waals surface area contributed by atoms with Gasteiger partial charge in [0.1, 0.15) is 0 Å². The van der Waals surface area contributed by atoms with Crippen LogP contribution in [0.4, 0.5) is 0 Å². The molecule has 3 rings (SSSR count). The third kappa shape index (κ3) is 6.31. The number of guanidine groups is 1. The lowest BCUT2D eigenvalue weighted by Gasteiger charge is -2.20. The van der Waals surface area contributed by atoms with E-state index in [0.29, 0.717) is 6.54 Å². The Morgan fingerprint density at radius 3 is 2.11 bits per heavy atom. The maximum Gasteiger partial charge on any atom is 0.191 e. The quantitative estimate of drug-likeness (QED) is 0.275. The number of nitrogens with one attached hydrogen (secondary N) is 2. The van der Waals surface area contributed by atoms with E-state index in [4.69, 9.17) is 0 Å². The predicted octanol–water partition coefficient (Wildman–Crippen LogP) is 4.82. The summed E-state index contributed by atoms with van der Waals surface area (Å²) in [7, 11) is 1.80. The first kappa shape index (κ1) is 22.4. The van der Waals surface area contributed by atoms with Crippen LogP contribution in [0.15, 0.2) is 71.0 Å². The lowest BCUT2D eigenvalue weighted by molar-refractivity contribution is 0.725. The Bertz CT molecular complexity index is 810. The smallest absolute Gasteiger partial charge is 0.191 e. The van der Waals surface area contributed by atoms with Crippen LogP contribution >= 0.6 is 35.3 Å². The first-order valence-electron chi connectivity index (χ1n) is 9.27. The van der Waals surface area contributed by atoms with Crippen molar-refractivity contribution in [2.24, 2.45) is 4.99 Å². The van der Waals surface area contributed by atoms with Gasteiger partial charge in [0.15, 0.2) is 5.96 Å². The van der Waals surface area contributed by atoms with Crippen molar-refractivity contribution in [1.82, 2.24) is 15.6 Å². The zero-order valence-electron chi connectivity index (χ0n) is 16.3. The van der Waals surface area contributed by atoms with Crippen LogP contribution in [0.1, 0.15) is 34.7 Å². The Labute approximate surface area is 188 Å². The van der Waals surface area contributed by atoms with Crippen LogP contribution in [0.25, 0.3) is 0 Å². The first-order valence-corrected chi connectivity index (χ1v) is 10.2. The molecule has 2 N–H and O–H groups in total. The molecule has 0 radical (unpaired) electrons. The maximum absolute atomic E-state index is 4.60. The maximum atomic E-state index is 4.60. The van der Waals surface area contributed by atoms with Gasteiger partial charge < -0.3 is 10.6 Å². The average Bonchev–Trinajstić information content (AvgIpc) is 3.20. The number of rotatable bonds is 7. The highest BCUT2D eigenvalue weighted by atomic mass is 127. The summed E-state index contributed by atoms with van der Waals surface area (Å²) in [6, 6.07) is 21.2. The second-order valence-electron chi connectivity index (χ2n) is 6.27. The summed E-state index contributed by atoms with van der Waals surface area (Å²) in [5, 5.41) is 10.1. The number of aryl methyl sites for hydroxylation is 1. The van der Waals surface area contributed by atoms with Gasteiger partial charge in [0.25, 0.3) is 0 Å². The SMILES string of the molecule is CCc1nc(CNC(=NC)NCC(c2ccccc2)c2ccccc2)cs1.I. The van der Waals surface area contributed by atoms with Gasteiger partial charge in [-0.15, -0.1) is 35.3 Å². The van der Waals surface area contributed by atoms with Gasteiger partial charge in [-0.2, -0.15) is 0 Å². The zero-order chi connectivity index (χ0) is 18.9. The molecule has 28 heavy (non-hydrogen) atoms. The molecule has 0 atom stereocenters. The molecule has 0 fully saturated rings. The molecule has 4 nitrogen and oxygen atoms in total. The van der Waals surface area contributed by atoms with Crippen molar-refractivity contribution < 1.29 is 0 Å². The molecular weight excluding hydrogens is 479 g/mol. The fraction of sp³-hybridized carbons (Fsp3) is 0.273. The summed E-state index contributed by atoms with van der Waals surface area (Å²) in [5.74, 6) is 1.05. The van der Waals surface area contributed by atoms with Gasteiger partial charge >= 0.3 is 0 Å². The average molecular weight is 506 g/mol. The number of nitrogens with zero attached hydrogens (tertiary/aromatic N) is 2. The highest BCUT2D eigenvalue weighted by molar-refractivity contribution is 14.0. The molecule has 3 aromatic rings. The summed E-state index contributed by atoms with van der Waals surface area (Å²) in [6.45, 7) is 3.58. The summed E-state index contributed by atoms with van der Waals surface area (Å²) < 4.78 is 0. The van der Waals surface area contributed by atoms with E-state index in [1.54, 1.807) is 18.4 Å². The number of halogens is 1. The minimum absolute atomic E-state index is 0. The Morgan fingerprint density at radius 2 is 1.61 bits per heavy atom. The largest absolute Gasteiger partial charge is 0.355 e.